The van der Waals surface area contributed by atoms with Gasteiger partial charge in [-0.25, -0.2) is 0 Å². The first-order valence-electron chi connectivity index (χ1n) is 6.55. The molecule has 0 atom stereocenters. The molecule has 5 heteroatoms. The zero-order valence-electron chi connectivity index (χ0n) is 11.9. The van der Waals surface area contributed by atoms with Gasteiger partial charge >= 0.3 is 0 Å². The van der Waals surface area contributed by atoms with Crippen LogP contribution in [0, 0.1) is 0 Å². The molecule has 106 valence electrons. The number of amides is 1. The number of carbonyl (C=O) groups excluding carboxylic acids is 1. The van der Waals surface area contributed by atoms with Crippen molar-refractivity contribution in [2.75, 3.05) is 25.5 Å². The third kappa shape index (κ3) is 3.22. The lowest BCUT2D eigenvalue weighted by Gasteiger charge is -2.12. The quantitative estimate of drug-likeness (QED) is 0.628. The van der Waals surface area contributed by atoms with Gasteiger partial charge in [0, 0.05) is 26.3 Å². The highest BCUT2D eigenvalue weighted by Crippen LogP contribution is 2.32. The Morgan fingerprint density at radius 1 is 1.30 bits per heavy atom. The van der Waals surface area contributed by atoms with Crippen LogP contribution in [0.1, 0.15) is 18.9 Å². The Labute approximate surface area is 129 Å². The zero-order valence-corrected chi connectivity index (χ0v) is 13.6. The van der Waals surface area contributed by atoms with Gasteiger partial charge < -0.3 is 4.90 Å². The first kappa shape index (κ1) is 15.1. The van der Waals surface area contributed by atoms with Crippen LogP contribution in [0.5, 0.6) is 0 Å². The van der Waals surface area contributed by atoms with Gasteiger partial charge in [-0.1, -0.05) is 43.0 Å². The topological polar surface area (TPSA) is 23.6 Å². The number of thioether (sulfide) groups is 1. The van der Waals surface area contributed by atoms with Gasteiger partial charge in [-0.05, 0) is 30.2 Å². The van der Waals surface area contributed by atoms with Crippen molar-refractivity contribution in [1.82, 2.24) is 4.90 Å². The number of hydrogen-bond acceptors (Lipinski definition) is 4. The van der Waals surface area contributed by atoms with Gasteiger partial charge in [-0.3, -0.25) is 9.69 Å². The molecule has 0 unspecified atom stereocenters. The molecule has 0 spiro atoms. The standard InChI is InChI=1S/C15H18N2OS2/c1-4-9-17-14(18)13(20-15(17)19)10-11-5-7-12(8-6-11)16(2)3/h5-8,10H,4,9H2,1-3H3/b13-10+. The maximum Gasteiger partial charge on any atom is 0.266 e. The van der Waals surface area contributed by atoms with Gasteiger partial charge in [0.15, 0.2) is 0 Å². The second kappa shape index (κ2) is 6.41. The van der Waals surface area contributed by atoms with Crippen LogP contribution in [0.4, 0.5) is 5.69 Å². The lowest BCUT2D eigenvalue weighted by atomic mass is 10.2. The highest BCUT2D eigenvalue weighted by Gasteiger charge is 2.30. The Bertz CT molecular complexity index is 549. The van der Waals surface area contributed by atoms with E-state index in [1.807, 2.05) is 56.3 Å². The van der Waals surface area contributed by atoms with Crippen molar-refractivity contribution in [3.63, 3.8) is 0 Å². The van der Waals surface area contributed by atoms with E-state index < -0.39 is 0 Å². The van der Waals surface area contributed by atoms with E-state index in [1.165, 1.54) is 11.8 Å². The van der Waals surface area contributed by atoms with Crippen LogP contribution < -0.4 is 4.90 Å². The summed E-state index contributed by atoms with van der Waals surface area (Å²) < 4.78 is 0.660. The highest BCUT2D eigenvalue weighted by molar-refractivity contribution is 8.26. The summed E-state index contributed by atoms with van der Waals surface area (Å²) in [7, 11) is 4.01. The summed E-state index contributed by atoms with van der Waals surface area (Å²) in [5.41, 5.74) is 2.16. The van der Waals surface area contributed by atoms with Crippen LogP contribution >= 0.6 is 24.0 Å². The van der Waals surface area contributed by atoms with Crippen LogP contribution in [0.3, 0.4) is 0 Å². The summed E-state index contributed by atoms with van der Waals surface area (Å²) in [5, 5.41) is 0. The molecule has 0 N–H and O–H groups in total. The van der Waals surface area contributed by atoms with E-state index in [0.717, 1.165) is 17.7 Å². The average Bonchev–Trinajstić information content (AvgIpc) is 2.67. The lowest BCUT2D eigenvalue weighted by Crippen LogP contribution is -2.28. The van der Waals surface area contributed by atoms with E-state index in [1.54, 1.807) is 4.90 Å². The van der Waals surface area contributed by atoms with E-state index in [0.29, 0.717) is 15.8 Å². The summed E-state index contributed by atoms with van der Waals surface area (Å²) in [6, 6.07) is 8.11. The molecule has 0 radical (unpaired) electrons. The second-order valence-electron chi connectivity index (χ2n) is 4.82. The van der Waals surface area contributed by atoms with Gasteiger partial charge in [-0.2, -0.15) is 0 Å². The largest absolute Gasteiger partial charge is 0.378 e. The third-order valence-corrected chi connectivity index (χ3v) is 4.41. The SMILES string of the molecule is CCCN1C(=O)/C(=C\c2ccc(N(C)C)cc2)SC1=S. The maximum atomic E-state index is 12.2. The van der Waals surface area contributed by atoms with Crippen LogP contribution in [0.2, 0.25) is 0 Å². The lowest BCUT2D eigenvalue weighted by molar-refractivity contribution is -0.122. The molecule has 0 aliphatic carbocycles. The minimum atomic E-state index is 0.0264. The molecule has 2 rings (SSSR count). The predicted molar refractivity (Wildman–Crippen MR) is 90.9 cm³/mol. The van der Waals surface area contributed by atoms with Crippen molar-refractivity contribution in [1.29, 1.82) is 0 Å². The summed E-state index contributed by atoms with van der Waals surface area (Å²) in [6.45, 7) is 2.74. The van der Waals surface area contributed by atoms with Crippen LogP contribution in [-0.4, -0.2) is 35.8 Å². The number of hydrogen-bond donors (Lipinski definition) is 0. The molecule has 0 aromatic heterocycles. The summed E-state index contributed by atoms with van der Waals surface area (Å²) in [5.74, 6) is 0.0264. The minimum absolute atomic E-state index is 0.0264. The molecule has 20 heavy (non-hydrogen) atoms. The molecule has 0 saturated carbocycles. The summed E-state index contributed by atoms with van der Waals surface area (Å²) in [6.07, 6.45) is 2.83. The fraction of sp³-hybridized carbons (Fsp3) is 0.333. The normalized spacial score (nSPS) is 17.1. The number of thiocarbonyl (C=S) groups is 1. The third-order valence-electron chi connectivity index (χ3n) is 3.03. The molecule has 1 amide bonds. The summed E-state index contributed by atoms with van der Waals surface area (Å²) >= 11 is 6.64. The van der Waals surface area contributed by atoms with Crippen molar-refractivity contribution in [3.8, 4) is 0 Å². The Balaban J connectivity index is 2.19. The van der Waals surface area contributed by atoms with Crippen molar-refractivity contribution in [2.24, 2.45) is 0 Å². The Morgan fingerprint density at radius 3 is 2.50 bits per heavy atom. The van der Waals surface area contributed by atoms with Crippen LogP contribution in [0.15, 0.2) is 29.2 Å². The predicted octanol–water partition coefficient (Wildman–Crippen LogP) is 3.36. The van der Waals surface area contributed by atoms with E-state index >= 15 is 0 Å². The Hall–Kier alpha value is -1.33. The first-order valence-corrected chi connectivity index (χ1v) is 7.78. The van der Waals surface area contributed by atoms with Crippen LogP contribution in [0.25, 0.3) is 6.08 Å². The minimum Gasteiger partial charge on any atom is -0.378 e. The molecule has 1 aromatic carbocycles. The zero-order chi connectivity index (χ0) is 14.7. The fourth-order valence-electron chi connectivity index (χ4n) is 1.94. The van der Waals surface area contributed by atoms with Gasteiger partial charge in [0.1, 0.15) is 4.32 Å². The second-order valence-corrected chi connectivity index (χ2v) is 6.50. The van der Waals surface area contributed by atoms with E-state index in [9.17, 15) is 4.79 Å². The number of benzene rings is 1. The first-order chi connectivity index (χ1) is 9.52. The van der Waals surface area contributed by atoms with Crippen molar-refractivity contribution < 1.29 is 4.79 Å². The molecule has 1 heterocycles. The molecule has 1 aliphatic rings. The smallest absolute Gasteiger partial charge is 0.266 e. The molecule has 1 fully saturated rings. The molecule has 1 aromatic rings. The van der Waals surface area contributed by atoms with E-state index in [-0.39, 0.29) is 5.91 Å². The molecular weight excluding hydrogens is 288 g/mol. The van der Waals surface area contributed by atoms with Crippen molar-refractivity contribution >= 4 is 46.0 Å². The van der Waals surface area contributed by atoms with E-state index in [2.05, 4.69) is 0 Å². The van der Waals surface area contributed by atoms with Crippen molar-refractivity contribution in [2.45, 2.75) is 13.3 Å². The van der Waals surface area contributed by atoms with Gasteiger partial charge in [-0.15, -0.1) is 0 Å². The Kier molecular flexibility index (Phi) is 4.83. The average molecular weight is 306 g/mol. The number of nitrogens with zero attached hydrogens (tertiary/aromatic N) is 2. The van der Waals surface area contributed by atoms with Gasteiger partial charge in [0.2, 0.25) is 0 Å². The monoisotopic (exact) mass is 306 g/mol. The highest BCUT2D eigenvalue weighted by atomic mass is 32.2. The maximum absolute atomic E-state index is 12.2. The molecule has 3 nitrogen and oxygen atoms in total. The molecule has 1 saturated heterocycles. The number of anilines is 1. The number of rotatable bonds is 4. The number of carbonyl (C=O) groups is 1. The Morgan fingerprint density at radius 2 is 1.95 bits per heavy atom. The molecular formula is C15H18N2OS2. The van der Waals surface area contributed by atoms with E-state index in [4.69, 9.17) is 12.2 Å². The van der Waals surface area contributed by atoms with Crippen molar-refractivity contribution in [3.05, 3.63) is 34.7 Å². The van der Waals surface area contributed by atoms with Gasteiger partial charge in [0.25, 0.3) is 5.91 Å². The molecule has 0 bridgehead atoms. The summed E-state index contributed by atoms with van der Waals surface area (Å²) in [4.78, 5) is 16.7. The van der Waals surface area contributed by atoms with Gasteiger partial charge in [0.05, 0.1) is 4.91 Å². The van der Waals surface area contributed by atoms with Crippen LogP contribution in [-0.2, 0) is 4.79 Å². The fourth-order valence-corrected chi connectivity index (χ4v) is 3.25. The molecule has 1 aliphatic heterocycles.